The summed E-state index contributed by atoms with van der Waals surface area (Å²) in [5, 5.41) is 9.09. The van der Waals surface area contributed by atoms with Gasteiger partial charge in [-0.3, -0.25) is 14.9 Å². The van der Waals surface area contributed by atoms with Crippen LogP contribution in [0, 0.1) is 5.41 Å². The maximum absolute atomic E-state index is 12.1. The van der Waals surface area contributed by atoms with Crippen LogP contribution >= 0.6 is 0 Å². The maximum Gasteiger partial charge on any atom is 0.260 e. The lowest BCUT2D eigenvalue weighted by atomic mass is 9.94. The first-order valence-corrected chi connectivity index (χ1v) is 8.45. The molecule has 0 bridgehead atoms. The van der Waals surface area contributed by atoms with E-state index in [0.29, 0.717) is 32.7 Å². The number of hydroxylamine groups is 1. The summed E-state index contributed by atoms with van der Waals surface area (Å²) in [5.74, 6) is -0.450. The molecule has 1 aromatic rings. The minimum atomic E-state index is -0.792. The molecule has 0 aromatic heterocycles. The predicted molar refractivity (Wildman–Crippen MR) is 90.2 cm³/mol. The van der Waals surface area contributed by atoms with Crippen molar-refractivity contribution in [3.8, 4) is 5.75 Å². The highest BCUT2D eigenvalue weighted by Crippen LogP contribution is 2.39. The molecule has 0 radical (unpaired) electrons. The van der Waals surface area contributed by atoms with E-state index in [1.165, 1.54) is 0 Å². The average molecular weight is 350 g/mol. The predicted octanol–water partition coefficient (Wildman–Crippen LogP) is 1.54. The van der Waals surface area contributed by atoms with E-state index in [1.807, 2.05) is 29.2 Å². The zero-order valence-corrected chi connectivity index (χ0v) is 14.9. The van der Waals surface area contributed by atoms with Crippen molar-refractivity contribution in [2.45, 2.75) is 38.6 Å². The van der Waals surface area contributed by atoms with E-state index in [-0.39, 0.29) is 5.41 Å². The molecule has 2 aliphatic rings. The highest BCUT2D eigenvalue weighted by molar-refractivity contribution is 5.81. The van der Waals surface area contributed by atoms with Gasteiger partial charge in [-0.2, -0.15) is 0 Å². The van der Waals surface area contributed by atoms with Gasteiger partial charge in [-0.25, -0.2) is 5.48 Å². The van der Waals surface area contributed by atoms with E-state index >= 15 is 0 Å². The van der Waals surface area contributed by atoms with Crippen LogP contribution in [0.1, 0.15) is 25.8 Å². The van der Waals surface area contributed by atoms with Crippen LogP contribution in [0.15, 0.2) is 24.3 Å². The van der Waals surface area contributed by atoms with Gasteiger partial charge >= 0.3 is 0 Å². The molecule has 1 atom stereocenters. The average Bonchev–Trinajstić information content (AvgIpc) is 2.96. The van der Waals surface area contributed by atoms with Crippen molar-refractivity contribution in [1.82, 2.24) is 10.4 Å². The topological polar surface area (TPSA) is 80.3 Å². The molecule has 2 N–H and O–H groups in total. The fraction of sp³-hybridized carbons (Fsp3) is 0.611. The van der Waals surface area contributed by atoms with Crippen molar-refractivity contribution in [1.29, 1.82) is 0 Å². The van der Waals surface area contributed by atoms with Gasteiger partial charge in [-0.15, -0.1) is 0 Å². The van der Waals surface area contributed by atoms with Crippen molar-refractivity contribution < 1.29 is 24.2 Å². The largest absolute Gasteiger partial charge is 0.497 e. The smallest absolute Gasteiger partial charge is 0.260 e. The van der Waals surface area contributed by atoms with E-state index in [4.69, 9.17) is 19.4 Å². The number of carbonyl (C=O) groups excluding carboxylic acids is 1. The molecular weight excluding hydrogens is 324 g/mol. The number of likely N-dealkylation sites (tertiary alicyclic amines) is 1. The van der Waals surface area contributed by atoms with Crippen LogP contribution in [0.25, 0.3) is 0 Å². The summed E-state index contributed by atoms with van der Waals surface area (Å²) in [6.45, 7) is 6.37. The molecule has 0 saturated carbocycles. The first kappa shape index (κ1) is 18.1. The number of rotatable bonds is 4. The van der Waals surface area contributed by atoms with Gasteiger partial charge in [0.05, 0.1) is 32.9 Å². The molecule has 0 unspecified atom stereocenters. The van der Waals surface area contributed by atoms with Gasteiger partial charge in [0.1, 0.15) is 5.75 Å². The Morgan fingerprint density at radius 3 is 2.52 bits per heavy atom. The molecule has 2 fully saturated rings. The quantitative estimate of drug-likeness (QED) is 0.633. The summed E-state index contributed by atoms with van der Waals surface area (Å²) in [6, 6.07) is 7.19. The minimum absolute atomic E-state index is 0.0383. The number of methoxy groups -OCH3 is 1. The second-order valence-corrected chi connectivity index (χ2v) is 7.60. The Balaban J connectivity index is 1.74. The summed E-state index contributed by atoms with van der Waals surface area (Å²) in [6.07, 6.45) is 0.394. The van der Waals surface area contributed by atoms with E-state index in [1.54, 1.807) is 12.6 Å². The van der Waals surface area contributed by atoms with E-state index in [0.717, 1.165) is 11.3 Å². The van der Waals surface area contributed by atoms with Crippen molar-refractivity contribution in [2.24, 2.45) is 5.41 Å². The van der Waals surface area contributed by atoms with Crippen molar-refractivity contribution >= 4 is 5.91 Å². The summed E-state index contributed by atoms with van der Waals surface area (Å²) < 4.78 is 17.2. The van der Waals surface area contributed by atoms with Gasteiger partial charge in [0.25, 0.3) is 5.91 Å². The lowest BCUT2D eigenvalue weighted by Crippen LogP contribution is -2.49. The van der Waals surface area contributed by atoms with Crippen molar-refractivity contribution in [3.63, 3.8) is 0 Å². The lowest BCUT2D eigenvalue weighted by Gasteiger charge is -2.41. The molecular formula is C18H26N2O5. The number of hydrogen-bond acceptors (Lipinski definition) is 6. The summed E-state index contributed by atoms with van der Waals surface area (Å²) in [7, 11) is 1.63. The molecule has 25 heavy (non-hydrogen) atoms. The van der Waals surface area contributed by atoms with Crippen LogP contribution in [0.3, 0.4) is 0 Å². The number of carbonyl (C=O) groups is 1. The normalized spacial score (nSPS) is 25.0. The first-order chi connectivity index (χ1) is 11.9. The number of amides is 1. The summed E-state index contributed by atoms with van der Waals surface area (Å²) >= 11 is 0. The molecule has 2 aliphatic heterocycles. The third kappa shape index (κ3) is 3.95. The Kier molecular flexibility index (Phi) is 5.02. The van der Waals surface area contributed by atoms with Crippen LogP contribution in [-0.4, -0.2) is 54.7 Å². The van der Waals surface area contributed by atoms with Crippen LogP contribution < -0.4 is 10.2 Å². The molecule has 138 valence electrons. The Hall–Kier alpha value is -1.67. The maximum atomic E-state index is 12.1. The molecule has 2 saturated heterocycles. The van der Waals surface area contributed by atoms with Crippen molar-refractivity contribution in [3.05, 3.63) is 29.8 Å². The van der Waals surface area contributed by atoms with Gasteiger partial charge in [0.2, 0.25) is 0 Å². The fourth-order valence-corrected chi connectivity index (χ4v) is 3.32. The number of ether oxygens (including phenoxy) is 3. The van der Waals surface area contributed by atoms with Crippen LogP contribution in [0.2, 0.25) is 0 Å². The standard InChI is InChI=1S/C18H26N2O5/c1-17(2)11-24-18(25-12-17)8-15(16(21)19-22)20(10-18)9-13-4-6-14(23-3)7-5-13/h4-7,15,22H,8-12H2,1-3H3,(H,19,21)/t15-/m1/s1. The van der Waals surface area contributed by atoms with Crippen LogP contribution in [0.4, 0.5) is 0 Å². The first-order valence-electron chi connectivity index (χ1n) is 8.45. The second-order valence-electron chi connectivity index (χ2n) is 7.60. The number of nitrogens with zero attached hydrogens (tertiary/aromatic N) is 1. The van der Waals surface area contributed by atoms with E-state index in [9.17, 15) is 4.79 Å². The highest BCUT2D eigenvalue weighted by Gasteiger charge is 2.51. The summed E-state index contributed by atoms with van der Waals surface area (Å²) in [5.41, 5.74) is 2.78. The molecule has 7 heteroatoms. The molecule has 1 spiro atoms. The highest BCUT2D eigenvalue weighted by atomic mass is 16.7. The van der Waals surface area contributed by atoms with Crippen LogP contribution in [0.5, 0.6) is 5.75 Å². The Morgan fingerprint density at radius 1 is 1.32 bits per heavy atom. The number of nitrogens with one attached hydrogen (secondary N) is 1. The lowest BCUT2D eigenvalue weighted by molar-refractivity contribution is -0.291. The molecule has 7 nitrogen and oxygen atoms in total. The zero-order valence-electron chi connectivity index (χ0n) is 14.9. The van der Waals surface area contributed by atoms with E-state index < -0.39 is 17.7 Å². The number of hydrogen-bond donors (Lipinski definition) is 2. The SMILES string of the molecule is COc1ccc(CN2CC3(C[C@@H]2C(=O)NO)OCC(C)(C)CO3)cc1. The molecule has 0 aliphatic carbocycles. The third-order valence-corrected chi connectivity index (χ3v) is 4.80. The monoisotopic (exact) mass is 350 g/mol. The van der Waals surface area contributed by atoms with Gasteiger partial charge in [0.15, 0.2) is 5.79 Å². The van der Waals surface area contributed by atoms with Gasteiger partial charge in [-0.05, 0) is 17.7 Å². The number of benzene rings is 1. The van der Waals surface area contributed by atoms with Crippen LogP contribution in [-0.2, 0) is 20.8 Å². The molecule has 2 heterocycles. The Labute approximate surface area is 147 Å². The molecule has 1 amide bonds. The fourth-order valence-electron chi connectivity index (χ4n) is 3.32. The Morgan fingerprint density at radius 2 is 1.96 bits per heavy atom. The van der Waals surface area contributed by atoms with Gasteiger partial charge < -0.3 is 14.2 Å². The molecule has 1 aromatic carbocycles. The Bertz CT molecular complexity index is 606. The van der Waals surface area contributed by atoms with E-state index in [2.05, 4.69) is 13.8 Å². The van der Waals surface area contributed by atoms with Gasteiger partial charge in [-0.1, -0.05) is 26.0 Å². The summed E-state index contributed by atoms with van der Waals surface area (Å²) in [4.78, 5) is 14.1. The minimum Gasteiger partial charge on any atom is -0.497 e. The zero-order chi connectivity index (χ0) is 18.1. The molecule has 3 rings (SSSR count). The van der Waals surface area contributed by atoms with Gasteiger partial charge in [0, 0.05) is 18.4 Å². The van der Waals surface area contributed by atoms with Crippen molar-refractivity contribution in [2.75, 3.05) is 26.9 Å². The second kappa shape index (κ2) is 6.92. The third-order valence-electron chi connectivity index (χ3n) is 4.80.